The normalized spacial score (nSPS) is 10.1. The molecular formula is C11H12N2O. The van der Waals surface area contributed by atoms with Crippen LogP contribution in [0.25, 0.3) is 11.3 Å². The van der Waals surface area contributed by atoms with Gasteiger partial charge in [-0.25, -0.2) is 0 Å². The van der Waals surface area contributed by atoms with Crippen LogP contribution in [0.5, 0.6) is 5.75 Å². The van der Waals surface area contributed by atoms with Crippen molar-refractivity contribution in [3.8, 4) is 17.0 Å². The van der Waals surface area contributed by atoms with E-state index in [-0.39, 0.29) is 0 Å². The molecule has 1 aromatic carbocycles. The van der Waals surface area contributed by atoms with Gasteiger partial charge in [0.1, 0.15) is 5.75 Å². The largest absolute Gasteiger partial charge is 0.497 e. The summed E-state index contributed by atoms with van der Waals surface area (Å²) in [6.45, 7) is 2.03. The Morgan fingerprint density at radius 1 is 1.21 bits per heavy atom. The third-order valence-electron chi connectivity index (χ3n) is 2.21. The summed E-state index contributed by atoms with van der Waals surface area (Å²) >= 11 is 0. The minimum atomic E-state index is 0.867. The van der Waals surface area contributed by atoms with Gasteiger partial charge in [-0.05, 0) is 36.8 Å². The fourth-order valence-electron chi connectivity index (χ4n) is 1.40. The fourth-order valence-corrected chi connectivity index (χ4v) is 1.40. The molecule has 3 heteroatoms. The second-order valence-corrected chi connectivity index (χ2v) is 3.16. The minimum absolute atomic E-state index is 0.867. The predicted octanol–water partition coefficient (Wildman–Crippen LogP) is 2.39. The monoisotopic (exact) mass is 188 g/mol. The zero-order chi connectivity index (χ0) is 9.97. The van der Waals surface area contributed by atoms with Gasteiger partial charge in [-0.1, -0.05) is 0 Å². The number of methoxy groups -OCH3 is 1. The summed E-state index contributed by atoms with van der Waals surface area (Å²) in [7, 11) is 1.66. The van der Waals surface area contributed by atoms with Crippen molar-refractivity contribution in [1.82, 2.24) is 10.2 Å². The van der Waals surface area contributed by atoms with Gasteiger partial charge in [-0.3, -0.25) is 5.10 Å². The number of nitrogens with zero attached hydrogens (tertiary/aromatic N) is 1. The van der Waals surface area contributed by atoms with Crippen LogP contribution in [0.2, 0.25) is 0 Å². The number of aromatic nitrogens is 2. The third kappa shape index (κ3) is 1.48. The lowest BCUT2D eigenvalue weighted by Crippen LogP contribution is -1.84. The number of aryl methyl sites for hydroxylation is 1. The van der Waals surface area contributed by atoms with Gasteiger partial charge in [-0.15, -0.1) is 0 Å². The highest BCUT2D eigenvalue weighted by molar-refractivity contribution is 5.62. The second kappa shape index (κ2) is 3.54. The summed E-state index contributed by atoms with van der Waals surface area (Å²) in [6.07, 6.45) is 1.82. The number of hydrogen-bond acceptors (Lipinski definition) is 2. The van der Waals surface area contributed by atoms with Gasteiger partial charge in [0.25, 0.3) is 0 Å². The topological polar surface area (TPSA) is 37.9 Å². The zero-order valence-electron chi connectivity index (χ0n) is 8.24. The SMILES string of the molecule is COc1ccc(-c2[nH]ncc2C)cc1. The number of rotatable bonds is 2. The first-order chi connectivity index (χ1) is 6.81. The van der Waals surface area contributed by atoms with Crippen molar-refractivity contribution in [2.45, 2.75) is 6.92 Å². The van der Waals surface area contributed by atoms with E-state index in [2.05, 4.69) is 10.2 Å². The smallest absolute Gasteiger partial charge is 0.118 e. The fraction of sp³-hybridized carbons (Fsp3) is 0.182. The molecule has 3 nitrogen and oxygen atoms in total. The molecule has 0 amide bonds. The molecule has 0 saturated heterocycles. The van der Waals surface area contributed by atoms with Crippen molar-refractivity contribution >= 4 is 0 Å². The van der Waals surface area contributed by atoms with Gasteiger partial charge in [-0.2, -0.15) is 5.10 Å². The van der Waals surface area contributed by atoms with Crippen LogP contribution >= 0.6 is 0 Å². The number of H-pyrrole nitrogens is 1. The molecule has 0 aliphatic rings. The van der Waals surface area contributed by atoms with Crippen LogP contribution in [0.4, 0.5) is 0 Å². The van der Waals surface area contributed by atoms with Gasteiger partial charge < -0.3 is 4.74 Å². The molecule has 0 spiro atoms. The van der Waals surface area contributed by atoms with Gasteiger partial charge in [0, 0.05) is 5.56 Å². The molecule has 14 heavy (non-hydrogen) atoms. The van der Waals surface area contributed by atoms with E-state index in [0.717, 1.165) is 22.6 Å². The van der Waals surface area contributed by atoms with E-state index in [1.165, 1.54) is 0 Å². The molecule has 1 N–H and O–H groups in total. The van der Waals surface area contributed by atoms with Crippen molar-refractivity contribution in [3.05, 3.63) is 36.0 Å². The first-order valence-electron chi connectivity index (χ1n) is 4.45. The lowest BCUT2D eigenvalue weighted by Gasteiger charge is -2.01. The van der Waals surface area contributed by atoms with Crippen molar-refractivity contribution in [3.63, 3.8) is 0 Å². The molecule has 0 radical (unpaired) electrons. The van der Waals surface area contributed by atoms with Gasteiger partial charge in [0.15, 0.2) is 0 Å². The number of ether oxygens (including phenoxy) is 1. The molecule has 0 atom stereocenters. The van der Waals surface area contributed by atoms with Crippen LogP contribution in [-0.2, 0) is 0 Å². The quantitative estimate of drug-likeness (QED) is 0.785. The highest BCUT2D eigenvalue weighted by Crippen LogP contribution is 2.22. The summed E-state index contributed by atoms with van der Waals surface area (Å²) < 4.78 is 5.09. The third-order valence-corrected chi connectivity index (χ3v) is 2.21. The summed E-state index contributed by atoms with van der Waals surface area (Å²) in [4.78, 5) is 0. The summed E-state index contributed by atoms with van der Waals surface area (Å²) in [5, 5.41) is 6.95. The molecule has 1 heterocycles. The maximum atomic E-state index is 5.09. The first-order valence-corrected chi connectivity index (χ1v) is 4.45. The summed E-state index contributed by atoms with van der Waals surface area (Å²) in [5.74, 6) is 0.867. The van der Waals surface area contributed by atoms with Crippen molar-refractivity contribution in [2.75, 3.05) is 7.11 Å². The molecular weight excluding hydrogens is 176 g/mol. The Hall–Kier alpha value is -1.77. The molecule has 72 valence electrons. The Morgan fingerprint density at radius 3 is 2.43 bits per heavy atom. The van der Waals surface area contributed by atoms with E-state index >= 15 is 0 Å². The minimum Gasteiger partial charge on any atom is -0.497 e. The van der Waals surface area contributed by atoms with Crippen LogP contribution in [0, 0.1) is 6.92 Å². The Labute approximate surface area is 82.7 Å². The molecule has 2 aromatic rings. The van der Waals surface area contributed by atoms with E-state index in [1.807, 2.05) is 37.4 Å². The molecule has 1 aromatic heterocycles. The first kappa shape index (κ1) is 8.81. The van der Waals surface area contributed by atoms with Crippen LogP contribution in [0.1, 0.15) is 5.56 Å². The highest BCUT2D eigenvalue weighted by atomic mass is 16.5. The summed E-state index contributed by atoms with van der Waals surface area (Å²) in [5.41, 5.74) is 3.34. The average molecular weight is 188 g/mol. The van der Waals surface area contributed by atoms with E-state index < -0.39 is 0 Å². The predicted molar refractivity (Wildman–Crippen MR) is 55.3 cm³/mol. The number of hydrogen-bond donors (Lipinski definition) is 1. The van der Waals surface area contributed by atoms with E-state index in [4.69, 9.17) is 4.74 Å². The van der Waals surface area contributed by atoms with Gasteiger partial charge >= 0.3 is 0 Å². The number of benzene rings is 1. The van der Waals surface area contributed by atoms with E-state index in [1.54, 1.807) is 7.11 Å². The summed E-state index contributed by atoms with van der Waals surface area (Å²) in [6, 6.07) is 7.91. The van der Waals surface area contributed by atoms with Crippen LogP contribution in [-0.4, -0.2) is 17.3 Å². The van der Waals surface area contributed by atoms with Crippen molar-refractivity contribution in [1.29, 1.82) is 0 Å². The standard InChI is InChI=1S/C11H12N2O/c1-8-7-12-13-11(8)9-3-5-10(14-2)6-4-9/h3-7H,1-2H3,(H,12,13). The lowest BCUT2D eigenvalue weighted by molar-refractivity contribution is 0.415. The Kier molecular flexibility index (Phi) is 2.23. The molecule has 0 aliphatic heterocycles. The number of aromatic amines is 1. The van der Waals surface area contributed by atoms with E-state index in [9.17, 15) is 0 Å². The zero-order valence-corrected chi connectivity index (χ0v) is 8.24. The van der Waals surface area contributed by atoms with Crippen LogP contribution in [0.3, 0.4) is 0 Å². The number of nitrogens with one attached hydrogen (secondary N) is 1. The van der Waals surface area contributed by atoms with Crippen LogP contribution < -0.4 is 4.74 Å². The Balaban J connectivity index is 2.39. The maximum Gasteiger partial charge on any atom is 0.118 e. The Morgan fingerprint density at radius 2 is 1.93 bits per heavy atom. The van der Waals surface area contributed by atoms with Gasteiger partial charge in [0.2, 0.25) is 0 Å². The highest BCUT2D eigenvalue weighted by Gasteiger charge is 2.02. The maximum absolute atomic E-state index is 5.09. The Bertz CT molecular complexity index is 417. The molecule has 0 saturated carbocycles. The average Bonchev–Trinajstić information content (AvgIpc) is 2.65. The molecule has 2 rings (SSSR count). The van der Waals surface area contributed by atoms with Gasteiger partial charge in [0.05, 0.1) is 19.0 Å². The second-order valence-electron chi connectivity index (χ2n) is 3.16. The van der Waals surface area contributed by atoms with Crippen molar-refractivity contribution in [2.24, 2.45) is 0 Å². The van der Waals surface area contributed by atoms with Crippen molar-refractivity contribution < 1.29 is 4.74 Å². The van der Waals surface area contributed by atoms with E-state index in [0.29, 0.717) is 0 Å². The molecule has 0 fully saturated rings. The molecule has 0 unspecified atom stereocenters. The molecule has 0 aliphatic carbocycles. The molecule has 0 bridgehead atoms. The van der Waals surface area contributed by atoms with Crippen LogP contribution in [0.15, 0.2) is 30.5 Å². The lowest BCUT2D eigenvalue weighted by atomic mass is 10.1.